The summed E-state index contributed by atoms with van der Waals surface area (Å²) in [6, 6.07) is 1.43. The number of aromatic nitrogens is 1. The number of nitrogens with one attached hydrogen (secondary N) is 2. The van der Waals surface area contributed by atoms with E-state index in [0.29, 0.717) is 6.04 Å². The summed E-state index contributed by atoms with van der Waals surface area (Å²) in [4.78, 5) is 7.00. The van der Waals surface area contributed by atoms with Crippen molar-refractivity contribution < 1.29 is 4.52 Å². The molecule has 1 aliphatic heterocycles. The minimum Gasteiger partial charge on any atom is -0.361 e. The Labute approximate surface area is 138 Å². The zero-order chi connectivity index (χ0) is 16.2. The summed E-state index contributed by atoms with van der Waals surface area (Å²) in [6.45, 7) is 7.24. The van der Waals surface area contributed by atoms with Gasteiger partial charge in [-0.2, -0.15) is 0 Å². The smallest absolute Gasteiger partial charge is 0.191 e. The van der Waals surface area contributed by atoms with E-state index in [0.717, 1.165) is 36.4 Å². The zero-order valence-corrected chi connectivity index (χ0v) is 14.6. The third kappa shape index (κ3) is 4.25. The number of nitrogens with zero attached hydrogens (tertiary/aromatic N) is 3. The molecule has 3 rings (SSSR count). The fourth-order valence-corrected chi connectivity index (χ4v) is 3.40. The molecule has 0 amide bonds. The molecule has 1 aromatic heterocycles. The minimum atomic E-state index is 0.537. The number of aliphatic imine (C=N–C) groups is 1. The first-order valence-corrected chi connectivity index (χ1v) is 8.80. The molecule has 128 valence electrons. The van der Waals surface area contributed by atoms with Gasteiger partial charge >= 0.3 is 0 Å². The van der Waals surface area contributed by atoms with Gasteiger partial charge in [0.25, 0.3) is 0 Å². The SMILES string of the molecule is CN=C(NCCc1c(C)noc1C)NC1CCN(C2CC2)CC1. The highest BCUT2D eigenvalue weighted by Gasteiger charge is 2.31. The van der Waals surface area contributed by atoms with Crippen LogP contribution in [0.3, 0.4) is 0 Å². The Hall–Kier alpha value is -1.56. The number of piperidine rings is 1. The van der Waals surface area contributed by atoms with E-state index in [1.54, 1.807) is 0 Å². The van der Waals surface area contributed by atoms with Gasteiger partial charge in [-0.25, -0.2) is 0 Å². The molecule has 0 unspecified atom stereocenters. The fourth-order valence-electron chi connectivity index (χ4n) is 3.40. The number of aryl methyl sites for hydroxylation is 2. The lowest BCUT2D eigenvalue weighted by Crippen LogP contribution is -2.49. The minimum absolute atomic E-state index is 0.537. The molecule has 23 heavy (non-hydrogen) atoms. The van der Waals surface area contributed by atoms with Crippen molar-refractivity contribution in [2.24, 2.45) is 4.99 Å². The maximum atomic E-state index is 5.21. The van der Waals surface area contributed by atoms with Gasteiger partial charge in [-0.1, -0.05) is 5.16 Å². The van der Waals surface area contributed by atoms with Crippen LogP contribution in [-0.2, 0) is 6.42 Å². The maximum absolute atomic E-state index is 5.21. The Morgan fingerprint density at radius 1 is 1.26 bits per heavy atom. The van der Waals surface area contributed by atoms with Crippen LogP contribution in [0.4, 0.5) is 0 Å². The van der Waals surface area contributed by atoms with Crippen LogP contribution in [0.5, 0.6) is 0 Å². The van der Waals surface area contributed by atoms with Crippen LogP contribution in [0.15, 0.2) is 9.52 Å². The van der Waals surface area contributed by atoms with E-state index in [9.17, 15) is 0 Å². The molecule has 1 aliphatic carbocycles. The molecule has 1 saturated carbocycles. The Bertz CT molecular complexity index is 522. The Morgan fingerprint density at radius 2 is 2.00 bits per heavy atom. The molecule has 0 spiro atoms. The van der Waals surface area contributed by atoms with Gasteiger partial charge in [0.15, 0.2) is 5.96 Å². The number of rotatable bonds is 5. The molecule has 2 N–H and O–H groups in total. The normalized spacial score (nSPS) is 20.7. The van der Waals surface area contributed by atoms with Gasteiger partial charge < -0.3 is 20.1 Å². The Morgan fingerprint density at radius 3 is 2.57 bits per heavy atom. The van der Waals surface area contributed by atoms with E-state index in [1.165, 1.54) is 44.3 Å². The number of hydrogen-bond donors (Lipinski definition) is 2. The average Bonchev–Trinajstić information content (AvgIpc) is 3.36. The summed E-state index contributed by atoms with van der Waals surface area (Å²) in [5.74, 6) is 1.82. The summed E-state index contributed by atoms with van der Waals surface area (Å²) in [5.41, 5.74) is 2.19. The average molecular weight is 319 g/mol. The van der Waals surface area contributed by atoms with E-state index in [-0.39, 0.29) is 0 Å². The Kier molecular flexibility index (Phi) is 5.20. The highest BCUT2D eigenvalue weighted by atomic mass is 16.5. The molecule has 2 heterocycles. The van der Waals surface area contributed by atoms with Crippen LogP contribution >= 0.6 is 0 Å². The molecule has 0 radical (unpaired) electrons. The molecule has 1 aromatic rings. The molecule has 0 bridgehead atoms. The molecule has 6 heteroatoms. The standard InChI is InChI=1S/C17H29N5O/c1-12-16(13(2)23-21-12)6-9-19-17(18-3)20-14-7-10-22(11-8-14)15-4-5-15/h14-15H,4-11H2,1-3H3,(H2,18,19,20). The van der Waals surface area contributed by atoms with Gasteiger partial charge in [-0.05, 0) is 46.0 Å². The van der Waals surface area contributed by atoms with E-state index in [2.05, 4.69) is 25.7 Å². The van der Waals surface area contributed by atoms with Crippen molar-refractivity contribution in [3.8, 4) is 0 Å². The lowest BCUT2D eigenvalue weighted by atomic mass is 10.1. The number of guanidine groups is 1. The summed E-state index contributed by atoms with van der Waals surface area (Å²) >= 11 is 0. The zero-order valence-electron chi connectivity index (χ0n) is 14.6. The molecule has 6 nitrogen and oxygen atoms in total. The summed E-state index contributed by atoms with van der Waals surface area (Å²) < 4.78 is 5.21. The van der Waals surface area contributed by atoms with Gasteiger partial charge in [-0.15, -0.1) is 0 Å². The van der Waals surface area contributed by atoms with Crippen molar-refractivity contribution in [2.45, 2.75) is 58.0 Å². The van der Waals surface area contributed by atoms with Gasteiger partial charge in [0, 0.05) is 44.3 Å². The monoisotopic (exact) mass is 319 g/mol. The molecule has 2 fully saturated rings. The quantitative estimate of drug-likeness (QED) is 0.638. The second-order valence-electron chi connectivity index (χ2n) is 6.74. The Balaban J connectivity index is 1.40. The van der Waals surface area contributed by atoms with Crippen LogP contribution in [0.25, 0.3) is 0 Å². The van der Waals surface area contributed by atoms with Gasteiger partial charge in [0.2, 0.25) is 0 Å². The van der Waals surface area contributed by atoms with Crippen LogP contribution < -0.4 is 10.6 Å². The molecule has 0 aromatic carbocycles. The molecule has 1 saturated heterocycles. The third-order valence-electron chi connectivity index (χ3n) is 5.01. The molecular formula is C17H29N5O. The predicted molar refractivity (Wildman–Crippen MR) is 91.8 cm³/mol. The summed E-state index contributed by atoms with van der Waals surface area (Å²) in [6.07, 6.45) is 6.14. The van der Waals surface area contributed by atoms with Gasteiger partial charge in [0.1, 0.15) is 5.76 Å². The topological polar surface area (TPSA) is 65.7 Å². The van der Waals surface area contributed by atoms with Crippen molar-refractivity contribution in [3.63, 3.8) is 0 Å². The van der Waals surface area contributed by atoms with Crippen molar-refractivity contribution in [1.29, 1.82) is 0 Å². The van der Waals surface area contributed by atoms with Crippen LogP contribution in [-0.4, -0.2) is 54.8 Å². The lowest BCUT2D eigenvalue weighted by molar-refractivity contribution is 0.197. The van der Waals surface area contributed by atoms with Crippen molar-refractivity contribution in [2.75, 3.05) is 26.7 Å². The molecular weight excluding hydrogens is 290 g/mol. The predicted octanol–water partition coefficient (Wildman–Crippen LogP) is 1.63. The number of hydrogen-bond acceptors (Lipinski definition) is 4. The van der Waals surface area contributed by atoms with Crippen LogP contribution in [0, 0.1) is 13.8 Å². The molecule has 2 aliphatic rings. The highest BCUT2D eigenvalue weighted by Crippen LogP contribution is 2.29. The van der Waals surface area contributed by atoms with E-state index in [1.807, 2.05) is 20.9 Å². The molecule has 0 atom stereocenters. The van der Waals surface area contributed by atoms with E-state index >= 15 is 0 Å². The van der Waals surface area contributed by atoms with E-state index in [4.69, 9.17) is 4.52 Å². The third-order valence-corrected chi connectivity index (χ3v) is 5.01. The van der Waals surface area contributed by atoms with Crippen LogP contribution in [0.2, 0.25) is 0 Å². The second kappa shape index (κ2) is 7.34. The van der Waals surface area contributed by atoms with Crippen molar-refractivity contribution in [1.82, 2.24) is 20.7 Å². The second-order valence-corrected chi connectivity index (χ2v) is 6.74. The van der Waals surface area contributed by atoms with Gasteiger partial charge in [0.05, 0.1) is 5.69 Å². The fraction of sp³-hybridized carbons (Fsp3) is 0.765. The van der Waals surface area contributed by atoms with Gasteiger partial charge in [-0.3, -0.25) is 4.99 Å². The first kappa shape index (κ1) is 16.3. The van der Waals surface area contributed by atoms with Crippen LogP contribution in [0.1, 0.15) is 42.7 Å². The van der Waals surface area contributed by atoms with Crippen molar-refractivity contribution >= 4 is 5.96 Å². The van der Waals surface area contributed by atoms with Crippen molar-refractivity contribution in [3.05, 3.63) is 17.0 Å². The summed E-state index contributed by atoms with van der Waals surface area (Å²) in [7, 11) is 1.84. The summed E-state index contributed by atoms with van der Waals surface area (Å²) in [5, 5.41) is 11.0. The first-order chi connectivity index (χ1) is 11.2. The first-order valence-electron chi connectivity index (χ1n) is 8.80. The van der Waals surface area contributed by atoms with E-state index < -0.39 is 0 Å². The lowest BCUT2D eigenvalue weighted by Gasteiger charge is -2.33. The maximum Gasteiger partial charge on any atom is 0.191 e. The largest absolute Gasteiger partial charge is 0.361 e. The highest BCUT2D eigenvalue weighted by molar-refractivity contribution is 5.79. The number of likely N-dealkylation sites (tertiary alicyclic amines) is 1.